The Labute approximate surface area is 85.0 Å². The highest BCUT2D eigenvalue weighted by Crippen LogP contribution is 2.33. The summed E-state index contributed by atoms with van der Waals surface area (Å²) in [6.07, 6.45) is 0. The lowest BCUT2D eigenvalue weighted by atomic mass is 10.1. The SMILES string of the molecule is CNC(C)c1c(OC)cccc1OC. The molecule has 1 rings (SSSR count). The fraction of sp³-hybridized carbons (Fsp3) is 0.455. The molecular formula is C11H17NO2. The van der Waals surface area contributed by atoms with Crippen molar-refractivity contribution in [2.24, 2.45) is 0 Å². The van der Waals surface area contributed by atoms with Crippen molar-refractivity contribution >= 4 is 0 Å². The van der Waals surface area contributed by atoms with E-state index >= 15 is 0 Å². The summed E-state index contributed by atoms with van der Waals surface area (Å²) in [7, 11) is 5.25. The normalized spacial score (nSPS) is 12.3. The lowest BCUT2D eigenvalue weighted by molar-refractivity contribution is 0.376. The van der Waals surface area contributed by atoms with Crippen LogP contribution in [-0.4, -0.2) is 21.3 Å². The largest absolute Gasteiger partial charge is 0.496 e. The standard InChI is InChI=1S/C11H17NO2/c1-8(12-2)11-9(13-3)6-5-7-10(11)14-4/h5-8,12H,1-4H3. The summed E-state index contributed by atoms with van der Waals surface area (Å²) in [5.41, 5.74) is 1.06. The first-order valence-electron chi connectivity index (χ1n) is 4.62. The summed E-state index contributed by atoms with van der Waals surface area (Å²) in [5.74, 6) is 1.71. The number of rotatable bonds is 4. The van der Waals surface area contributed by atoms with Crippen molar-refractivity contribution in [3.8, 4) is 11.5 Å². The quantitative estimate of drug-likeness (QED) is 0.797. The molecule has 0 saturated carbocycles. The van der Waals surface area contributed by atoms with Crippen molar-refractivity contribution in [2.45, 2.75) is 13.0 Å². The van der Waals surface area contributed by atoms with Gasteiger partial charge in [0, 0.05) is 6.04 Å². The minimum absolute atomic E-state index is 0.209. The van der Waals surface area contributed by atoms with Gasteiger partial charge in [0.25, 0.3) is 0 Å². The van der Waals surface area contributed by atoms with E-state index in [0.29, 0.717) is 0 Å². The zero-order valence-corrected chi connectivity index (χ0v) is 9.13. The van der Waals surface area contributed by atoms with E-state index in [1.165, 1.54) is 0 Å². The van der Waals surface area contributed by atoms with Crippen LogP contribution >= 0.6 is 0 Å². The third-order valence-corrected chi connectivity index (χ3v) is 2.33. The molecule has 0 aliphatic rings. The average molecular weight is 195 g/mol. The van der Waals surface area contributed by atoms with Gasteiger partial charge in [-0.2, -0.15) is 0 Å². The Balaban J connectivity index is 3.18. The molecule has 1 atom stereocenters. The maximum Gasteiger partial charge on any atom is 0.127 e. The second-order valence-electron chi connectivity index (χ2n) is 3.09. The van der Waals surface area contributed by atoms with Crippen molar-refractivity contribution in [2.75, 3.05) is 21.3 Å². The Hall–Kier alpha value is -1.22. The Morgan fingerprint density at radius 2 is 1.64 bits per heavy atom. The van der Waals surface area contributed by atoms with E-state index in [0.717, 1.165) is 17.1 Å². The second kappa shape index (κ2) is 4.86. The number of hydrogen-bond acceptors (Lipinski definition) is 3. The van der Waals surface area contributed by atoms with Crippen molar-refractivity contribution in [1.82, 2.24) is 5.32 Å². The van der Waals surface area contributed by atoms with Gasteiger partial charge in [-0.15, -0.1) is 0 Å². The highest BCUT2D eigenvalue weighted by molar-refractivity contribution is 5.46. The van der Waals surface area contributed by atoms with Gasteiger partial charge in [-0.05, 0) is 26.1 Å². The monoisotopic (exact) mass is 195 g/mol. The van der Waals surface area contributed by atoms with Crippen molar-refractivity contribution in [3.63, 3.8) is 0 Å². The molecular weight excluding hydrogens is 178 g/mol. The van der Waals surface area contributed by atoms with E-state index in [4.69, 9.17) is 9.47 Å². The first kappa shape index (κ1) is 10.9. The average Bonchev–Trinajstić information content (AvgIpc) is 2.26. The summed E-state index contributed by atoms with van der Waals surface area (Å²) < 4.78 is 10.6. The molecule has 14 heavy (non-hydrogen) atoms. The van der Waals surface area contributed by atoms with E-state index in [-0.39, 0.29) is 6.04 Å². The number of ether oxygens (including phenoxy) is 2. The van der Waals surface area contributed by atoms with Gasteiger partial charge < -0.3 is 14.8 Å². The van der Waals surface area contributed by atoms with Crippen LogP contribution < -0.4 is 14.8 Å². The van der Waals surface area contributed by atoms with Crippen LogP contribution in [-0.2, 0) is 0 Å². The zero-order valence-electron chi connectivity index (χ0n) is 9.13. The van der Waals surface area contributed by atoms with Crippen LogP contribution in [0.15, 0.2) is 18.2 Å². The van der Waals surface area contributed by atoms with Gasteiger partial charge in [0.2, 0.25) is 0 Å². The van der Waals surface area contributed by atoms with Crippen LogP contribution in [0.2, 0.25) is 0 Å². The van der Waals surface area contributed by atoms with Crippen LogP contribution in [0.25, 0.3) is 0 Å². The lowest BCUT2D eigenvalue weighted by Crippen LogP contribution is -2.14. The zero-order chi connectivity index (χ0) is 10.6. The third-order valence-electron chi connectivity index (χ3n) is 2.33. The molecule has 0 aliphatic carbocycles. The smallest absolute Gasteiger partial charge is 0.127 e. The minimum Gasteiger partial charge on any atom is -0.496 e. The Kier molecular flexibility index (Phi) is 3.77. The van der Waals surface area contributed by atoms with Crippen LogP contribution in [0.4, 0.5) is 0 Å². The van der Waals surface area contributed by atoms with Crippen molar-refractivity contribution in [1.29, 1.82) is 0 Å². The Morgan fingerprint density at radius 1 is 1.14 bits per heavy atom. The molecule has 0 aromatic heterocycles. The van der Waals surface area contributed by atoms with Crippen LogP contribution in [0, 0.1) is 0 Å². The van der Waals surface area contributed by atoms with Gasteiger partial charge in [-0.1, -0.05) is 6.07 Å². The maximum absolute atomic E-state index is 5.29. The molecule has 0 bridgehead atoms. The number of benzene rings is 1. The highest BCUT2D eigenvalue weighted by atomic mass is 16.5. The molecule has 3 nitrogen and oxygen atoms in total. The first-order chi connectivity index (χ1) is 6.74. The molecule has 0 saturated heterocycles. The van der Waals surface area contributed by atoms with Crippen LogP contribution in [0.1, 0.15) is 18.5 Å². The van der Waals surface area contributed by atoms with Gasteiger partial charge in [0.15, 0.2) is 0 Å². The highest BCUT2D eigenvalue weighted by Gasteiger charge is 2.14. The van der Waals surface area contributed by atoms with E-state index in [1.54, 1.807) is 14.2 Å². The van der Waals surface area contributed by atoms with Crippen molar-refractivity contribution in [3.05, 3.63) is 23.8 Å². The predicted octanol–water partition coefficient (Wildman–Crippen LogP) is 1.98. The Morgan fingerprint density at radius 3 is 2.00 bits per heavy atom. The molecule has 0 amide bonds. The molecule has 0 heterocycles. The molecule has 0 radical (unpaired) electrons. The summed E-state index contributed by atoms with van der Waals surface area (Å²) in [6, 6.07) is 6.00. The first-order valence-corrected chi connectivity index (χ1v) is 4.62. The molecule has 0 spiro atoms. The Bertz CT molecular complexity index is 277. The fourth-order valence-electron chi connectivity index (χ4n) is 1.45. The minimum atomic E-state index is 0.209. The van der Waals surface area contributed by atoms with Gasteiger partial charge >= 0.3 is 0 Å². The maximum atomic E-state index is 5.29. The van der Waals surface area contributed by atoms with Gasteiger partial charge in [0.1, 0.15) is 11.5 Å². The van der Waals surface area contributed by atoms with E-state index < -0.39 is 0 Å². The summed E-state index contributed by atoms with van der Waals surface area (Å²) >= 11 is 0. The molecule has 78 valence electrons. The van der Waals surface area contributed by atoms with Crippen LogP contribution in [0.5, 0.6) is 11.5 Å². The lowest BCUT2D eigenvalue weighted by Gasteiger charge is -2.18. The molecule has 3 heteroatoms. The summed E-state index contributed by atoms with van der Waals surface area (Å²) in [5, 5.41) is 3.17. The topological polar surface area (TPSA) is 30.5 Å². The third kappa shape index (κ3) is 1.99. The summed E-state index contributed by atoms with van der Waals surface area (Å²) in [6.45, 7) is 2.07. The molecule has 1 aromatic carbocycles. The fourth-order valence-corrected chi connectivity index (χ4v) is 1.45. The van der Waals surface area contributed by atoms with Gasteiger partial charge in [-0.25, -0.2) is 0 Å². The predicted molar refractivity (Wildman–Crippen MR) is 57.0 cm³/mol. The molecule has 1 aromatic rings. The van der Waals surface area contributed by atoms with Gasteiger partial charge in [-0.3, -0.25) is 0 Å². The molecule has 0 aliphatic heterocycles. The van der Waals surface area contributed by atoms with E-state index in [1.807, 2.05) is 25.2 Å². The number of hydrogen-bond donors (Lipinski definition) is 1. The van der Waals surface area contributed by atoms with Crippen molar-refractivity contribution < 1.29 is 9.47 Å². The molecule has 1 unspecified atom stereocenters. The van der Waals surface area contributed by atoms with E-state index in [2.05, 4.69) is 12.2 Å². The summed E-state index contributed by atoms with van der Waals surface area (Å²) in [4.78, 5) is 0. The number of methoxy groups -OCH3 is 2. The molecule has 1 N–H and O–H groups in total. The van der Waals surface area contributed by atoms with Gasteiger partial charge in [0.05, 0.1) is 19.8 Å². The van der Waals surface area contributed by atoms with Crippen LogP contribution in [0.3, 0.4) is 0 Å². The molecule has 0 fully saturated rings. The van der Waals surface area contributed by atoms with E-state index in [9.17, 15) is 0 Å². The number of nitrogens with one attached hydrogen (secondary N) is 1. The second-order valence-corrected chi connectivity index (χ2v) is 3.09.